The Morgan fingerprint density at radius 3 is 2.35 bits per heavy atom. The highest BCUT2D eigenvalue weighted by Crippen LogP contribution is 2.41. The second-order valence-electron chi connectivity index (χ2n) is 6.90. The molecule has 3 heteroatoms. The van der Waals surface area contributed by atoms with Crippen LogP contribution in [-0.4, -0.2) is 5.78 Å². The lowest BCUT2D eigenvalue weighted by molar-refractivity contribution is 0.0819. The number of Topliss-reactive ketones (excluding diaryl/α,β-unsaturated/α-hetero) is 1. The third-order valence-electron chi connectivity index (χ3n) is 4.52. The first-order chi connectivity index (χ1) is 9.29. The fourth-order valence-corrected chi connectivity index (χ4v) is 3.34. The van der Waals surface area contributed by atoms with Gasteiger partial charge in [-0.3, -0.25) is 4.79 Å². The number of carbonyl (C=O) groups excluding carboxylic acids is 1. The van der Waals surface area contributed by atoms with E-state index < -0.39 is 5.82 Å². The lowest BCUT2D eigenvalue weighted by atomic mass is 9.69. The molecule has 1 aromatic carbocycles. The van der Waals surface area contributed by atoms with Crippen molar-refractivity contribution in [3.8, 4) is 0 Å². The summed E-state index contributed by atoms with van der Waals surface area (Å²) in [7, 11) is 0. The van der Waals surface area contributed by atoms with E-state index in [0.717, 1.165) is 25.7 Å². The molecule has 0 saturated heterocycles. The fourth-order valence-electron chi connectivity index (χ4n) is 3.13. The average molecular weight is 297 g/mol. The van der Waals surface area contributed by atoms with Crippen molar-refractivity contribution in [3.05, 3.63) is 34.6 Å². The van der Waals surface area contributed by atoms with Crippen molar-refractivity contribution in [3.63, 3.8) is 0 Å². The van der Waals surface area contributed by atoms with Gasteiger partial charge in [0.15, 0.2) is 5.78 Å². The smallest absolute Gasteiger partial charge is 0.167 e. The van der Waals surface area contributed by atoms with E-state index >= 15 is 0 Å². The van der Waals surface area contributed by atoms with Gasteiger partial charge in [-0.15, -0.1) is 0 Å². The maximum atomic E-state index is 13.3. The van der Waals surface area contributed by atoms with Gasteiger partial charge < -0.3 is 0 Å². The Bertz CT molecular complexity index is 496. The van der Waals surface area contributed by atoms with Gasteiger partial charge in [0.2, 0.25) is 0 Å². The van der Waals surface area contributed by atoms with Crippen LogP contribution in [0.1, 0.15) is 56.8 Å². The van der Waals surface area contributed by atoms with Gasteiger partial charge in [-0.05, 0) is 55.2 Å². The summed E-state index contributed by atoms with van der Waals surface area (Å²) in [4.78, 5) is 12.5. The molecule has 0 aliphatic heterocycles. The molecule has 110 valence electrons. The van der Waals surface area contributed by atoms with E-state index in [-0.39, 0.29) is 11.7 Å². The lowest BCUT2D eigenvalue weighted by Crippen LogP contribution is -2.29. The number of benzene rings is 1. The Morgan fingerprint density at radius 1 is 1.20 bits per heavy atom. The SMILES string of the molecule is CC(C)(C)C1CCC(C(=O)c2cc(F)ccc2Cl)CC1. The zero-order valence-corrected chi connectivity index (χ0v) is 13.1. The highest BCUT2D eigenvalue weighted by atomic mass is 35.5. The summed E-state index contributed by atoms with van der Waals surface area (Å²) < 4.78 is 13.3. The summed E-state index contributed by atoms with van der Waals surface area (Å²) >= 11 is 6.02. The number of hydrogen-bond acceptors (Lipinski definition) is 1. The molecule has 2 rings (SSSR count). The van der Waals surface area contributed by atoms with Crippen LogP contribution in [0.2, 0.25) is 5.02 Å². The quantitative estimate of drug-likeness (QED) is 0.657. The van der Waals surface area contributed by atoms with Crippen LogP contribution in [0.4, 0.5) is 4.39 Å². The van der Waals surface area contributed by atoms with Gasteiger partial charge >= 0.3 is 0 Å². The van der Waals surface area contributed by atoms with Gasteiger partial charge in [0.25, 0.3) is 0 Å². The topological polar surface area (TPSA) is 17.1 Å². The van der Waals surface area contributed by atoms with E-state index in [4.69, 9.17) is 11.6 Å². The monoisotopic (exact) mass is 296 g/mol. The summed E-state index contributed by atoms with van der Waals surface area (Å²) in [5.74, 6) is 0.255. The third kappa shape index (κ3) is 3.41. The van der Waals surface area contributed by atoms with Crippen LogP contribution in [0.3, 0.4) is 0 Å². The Hall–Kier alpha value is -0.890. The molecule has 0 amide bonds. The second-order valence-corrected chi connectivity index (χ2v) is 7.31. The highest BCUT2D eigenvalue weighted by Gasteiger charge is 2.33. The predicted molar refractivity (Wildman–Crippen MR) is 80.6 cm³/mol. The Kier molecular flexibility index (Phi) is 4.53. The molecule has 20 heavy (non-hydrogen) atoms. The third-order valence-corrected chi connectivity index (χ3v) is 4.85. The molecule has 1 saturated carbocycles. The van der Waals surface area contributed by atoms with Crippen LogP contribution in [0.25, 0.3) is 0 Å². The largest absolute Gasteiger partial charge is 0.294 e. The van der Waals surface area contributed by atoms with Crippen LogP contribution < -0.4 is 0 Å². The second kappa shape index (κ2) is 5.85. The molecule has 0 bridgehead atoms. The summed E-state index contributed by atoms with van der Waals surface area (Å²) in [6.07, 6.45) is 3.89. The maximum absolute atomic E-state index is 13.3. The molecular weight excluding hydrogens is 275 g/mol. The van der Waals surface area contributed by atoms with Crippen molar-refractivity contribution in [2.75, 3.05) is 0 Å². The van der Waals surface area contributed by atoms with Gasteiger partial charge in [0.05, 0.1) is 5.02 Å². The van der Waals surface area contributed by atoms with Crippen molar-refractivity contribution in [1.29, 1.82) is 0 Å². The van der Waals surface area contributed by atoms with E-state index in [9.17, 15) is 9.18 Å². The molecule has 0 atom stereocenters. The molecule has 0 radical (unpaired) electrons. The molecule has 0 unspecified atom stereocenters. The van der Waals surface area contributed by atoms with Gasteiger partial charge in [0.1, 0.15) is 5.82 Å². The average Bonchev–Trinajstić information content (AvgIpc) is 2.40. The van der Waals surface area contributed by atoms with Crippen molar-refractivity contribution in [2.24, 2.45) is 17.3 Å². The molecule has 0 spiro atoms. The lowest BCUT2D eigenvalue weighted by Gasteiger charge is -2.36. The minimum atomic E-state index is -0.402. The first-order valence-corrected chi connectivity index (χ1v) is 7.66. The number of ketones is 1. The zero-order valence-electron chi connectivity index (χ0n) is 12.4. The molecule has 1 aromatic rings. The van der Waals surface area contributed by atoms with Crippen LogP contribution in [0.5, 0.6) is 0 Å². The predicted octanol–water partition coefficient (Wildman–Crippen LogP) is 5.51. The van der Waals surface area contributed by atoms with E-state index in [1.54, 1.807) is 0 Å². The molecule has 0 aromatic heterocycles. The molecule has 1 nitrogen and oxygen atoms in total. The molecule has 0 N–H and O–H groups in total. The van der Waals surface area contributed by atoms with Crippen molar-refractivity contribution >= 4 is 17.4 Å². The summed E-state index contributed by atoms with van der Waals surface area (Å²) in [5, 5.41) is 0.356. The number of rotatable bonds is 2. The normalized spacial score (nSPS) is 23.6. The number of carbonyl (C=O) groups is 1. The van der Waals surface area contributed by atoms with Crippen LogP contribution >= 0.6 is 11.6 Å². The first-order valence-electron chi connectivity index (χ1n) is 7.28. The van der Waals surface area contributed by atoms with Gasteiger partial charge in [0, 0.05) is 11.5 Å². The summed E-state index contributed by atoms with van der Waals surface area (Å²) in [5.41, 5.74) is 0.635. The van der Waals surface area contributed by atoms with Crippen molar-refractivity contribution < 1.29 is 9.18 Å². The fraction of sp³-hybridized carbons (Fsp3) is 0.588. The minimum absolute atomic E-state index is 0.00172. The van der Waals surface area contributed by atoms with E-state index in [1.165, 1.54) is 18.2 Å². The van der Waals surface area contributed by atoms with E-state index in [0.29, 0.717) is 21.9 Å². The van der Waals surface area contributed by atoms with Crippen molar-refractivity contribution in [2.45, 2.75) is 46.5 Å². The van der Waals surface area contributed by atoms with Crippen molar-refractivity contribution in [1.82, 2.24) is 0 Å². The zero-order chi connectivity index (χ0) is 14.9. The Morgan fingerprint density at radius 2 is 1.80 bits per heavy atom. The Balaban J connectivity index is 2.07. The van der Waals surface area contributed by atoms with E-state index in [1.807, 2.05) is 0 Å². The van der Waals surface area contributed by atoms with Crippen LogP contribution in [0.15, 0.2) is 18.2 Å². The first kappa shape index (κ1) is 15.5. The summed E-state index contributed by atoms with van der Waals surface area (Å²) in [6.45, 7) is 6.76. The Labute approximate surface area is 125 Å². The molecular formula is C17H22ClFO. The molecule has 1 fully saturated rings. The summed E-state index contributed by atoms with van der Waals surface area (Å²) in [6, 6.07) is 4.01. The highest BCUT2D eigenvalue weighted by molar-refractivity contribution is 6.34. The van der Waals surface area contributed by atoms with E-state index in [2.05, 4.69) is 20.8 Å². The van der Waals surface area contributed by atoms with Crippen LogP contribution in [-0.2, 0) is 0 Å². The van der Waals surface area contributed by atoms with Crippen LogP contribution in [0, 0.1) is 23.1 Å². The standard InChI is InChI=1S/C17H22ClFO/c1-17(2,3)12-6-4-11(5-7-12)16(20)14-10-13(19)8-9-15(14)18/h8-12H,4-7H2,1-3H3. The molecule has 1 aliphatic rings. The number of hydrogen-bond donors (Lipinski definition) is 0. The molecule has 1 aliphatic carbocycles. The number of halogens is 2. The van der Waals surface area contributed by atoms with Gasteiger partial charge in [-0.25, -0.2) is 4.39 Å². The van der Waals surface area contributed by atoms with Gasteiger partial charge in [-0.2, -0.15) is 0 Å². The minimum Gasteiger partial charge on any atom is -0.294 e. The molecule has 0 heterocycles. The van der Waals surface area contributed by atoms with Gasteiger partial charge in [-0.1, -0.05) is 32.4 Å². The maximum Gasteiger partial charge on any atom is 0.167 e.